The van der Waals surface area contributed by atoms with Crippen LogP contribution in [-0.2, 0) is 6.54 Å². The molecular formula is C13H11BrF2N2O. The molecule has 1 aromatic heterocycles. The van der Waals surface area contributed by atoms with Crippen molar-refractivity contribution >= 4 is 21.6 Å². The largest absolute Gasteiger partial charge is 0.481 e. The summed E-state index contributed by atoms with van der Waals surface area (Å²) in [5.74, 6) is -0.800. The second kappa shape index (κ2) is 5.97. The van der Waals surface area contributed by atoms with Crippen molar-refractivity contribution in [3.8, 4) is 5.88 Å². The van der Waals surface area contributed by atoms with E-state index in [1.54, 1.807) is 18.2 Å². The molecule has 0 amide bonds. The summed E-state index contributed by atoms with van der Waals surface area (Å²) in [4.78, 5) is 4.18. The molecule has 1 N–H and O–H groups in total. The van der Waals surface area contributed by atoms with Crippen LogP contribution in [0.25, 0.3) is 0 Å². The van der Waals surface area contributed by atoms with E-state index in [0.717, 1.165) is 6.07 Å². The van der Waals surface area contributed by atoms with Gasteiger partial charge in [0.1, 0.15) is 11.6 Å². The number of halogens is 3. The van der Waals surface area contributed by atoms with E-state index >= 15 is 0 Å². The molecule has 1 heterocycles. The lowest BCUT2D eigenvalue weighted by Gasteiger charge is -2.09. The minimum Gasteiger partial charge on any atom is -0.481 e. The maximum Gasteiger partial charge on any atom is 0.213 e. The summed E-state index contributed by atoms with van der Waals surface area (Å²) in [7, 11) is 1.52. The van der Waals surface area contributed by atoms with Gasteiger partial charge in [0.2, 0.25) is 5.88 Å². The van der Waals surface area contributed by atoms with Crippen molar-refractivity contribution in [1.29, 1.82) is 0 Å². The van der Waals surface area contributed by atoms with Gasteiger partial charge in [0.25, 0.3) is 0 Å². The van der Waals surface area contributed by atoms with Crippen LogP contribution in [0.1, 0.15) is 5.69 Å². The average Bonchev–Trinajstić information content (AvgIpc) is 2.41. The van der Waals surface area contributed by atoms with Crippen molar-refractivity contribution in [2.75, 3.05) is 12.4 Å². The zero-order valence-electron chi connectivity index (χ0n) is 10.1. The Morgan fingerprint density at radius 3 is 2.79 bits per heavy atom. The van der Waals surface area contributed by atoms with Gasteiger partial charge in [0.05, 0.1) is 29.5 Å². The lowest BCUT2D eigenvalue weighted by atomic mass is 10.2. The normalized spacial score (nSPS) is 10.3. The summed E-state index contributed by atoms with van der Waals surface area (Å²) < 4.78 is 31.8. The van der Waals surface area contributed by atoms with Crippen LogP contribution in [0.5, 0.6) is 5.88 Å². The number of methoxy groups -OCH3 is 1. The summed E-state index contributed by atoms with van der Waals surface area (Å²) >= 11 is 3.01. The van der Waals surface area contributed by atoms with Gasteiger partial charge in [-0.2, -0.15) is 0 Å². The summed E-state index contributed by atoms with van der Waals surface area (Å²) in [6.45, 7) is 0.312. The van der Waals surface area contributed by atoms with Gasteiger partial charge in [-0.1, -0.05) is 6.07 Å². The zero-order chi connectivity index (χ0) is 13.8. The van der Waals surface area contributed by atoms with Crippen LogP contribution < -0.4 is 10.1 Å². The highest BCUT2D eigenvalue weighted by Gasteiger charge is 2.08. The first-order chi connectivity index (χ1) is 9.10. The quantitative estimate of drug-likeness (QED) is 0.868. The van der Waals surface area contributed by atoms with E-state index in [9.17, 15) is 8.78 Å². The molecule has 0 bridgehead atoms. The third kappa shape index (κ3) is 3.41. The number of nitrogens with zero attached hydrogens (tertiary/aromatic N) is 1. The third-order valence-electron chi connectivity index (χ3n) is 2.46. The molecule has 19 heavy (non-hydrogen) atoms. The molecule has 0 fully saturated rings. The first kappa shape index (κ1) is 13.7. The second-order valence-electron chi connectivity index (χ2n) is 3.77. The van der Waals surface area contributed by atoms with Gasteiger partial charge < -0.3 is 10.1 Å². The standard InChI is InChI=1S/C13H11BrF2N2O/c1-19-13-4-2-3-8(18-13)7-17-12-5-9(14)10(15)6-11(12)16/h2-6,17H,7H2,1H3. The van der Waals surface area contributed by atoms with Crippen LogP contribution in [0.3, 0.4) is 0 Å². The lowest BCUT2D eigenvalue weighted by molar-refractivity contribution is 0.396. The topological polar surface area (TPSA) is 34.1 Å². The number of anilines is 1. The van der Waals surface area contributed by atoms with E-state index in [0.29, 0.717) is 18.1 Å². The Bertz CT molecular complexity index is 593. The van der Waals surface area contributed by atoms with Gasteiger partial charge >= 0.3 is 0 Å². The number of pyridine rings is 1. The van der Waals surface area contributed by atoms with Crippen LogP contribution in [0.4, 0.5) is 14.5 Å². The lowest BCUT2D eigenvalue weighted by Crippen LogP contribution is -2.04. The zero-order valence-corrected chi connectivity index (χ0v) is 11.7. The molecule has 0 aliphatic rings. The first-order valence-electron chi connectivity index (χ1n) is 5.48. The highest BCUT2D eigenvalue weighted by molar-refractivity contribution is 9.10. The SMILES string of the molecule is COc1cccc(CNc2cc(Br)c(F)cc2F)n1. The van der Waals surface area contributed by atoms with Crippen molar-refractivity contribution < 1.29 is 13.5 Å². The molecule has 0 saturated heterocycles. The van der Waals surface area contributed by atoms with Crippen LogP contribution in [0, 0.1) is 11.6 Å². The summed E-state index contributed by atoms with van der Waals surface area (Å²) in [5.41, 5.74) is 0.900. The predicted molar refractivity (Wildman–Crippen MR) is 72.2 cm³/mol. The van der Waals surface area contributed by atoms with E-state index in [1.165, 1.54) is 13.2 Å². The Balaban J connectivity index is 2.12. The fraction of sp³-hybridized carbons (Fsp3) is 0.154. The Morgan fingerprint density at radius 2 is 2.05 bits per heavy atom. The summed E-state index contributed by atoms with van der Waals surface area (Å²) in [6, 6.07) is 7.47. The van der Waals surface area contributed by atoms with E-state index in [4.69, 9.17) is 4.74 Å². The van der Waals surface area contributed by atoms with Crippen molar-refractivity contribution in [3.05, 3.63) is 52.1 Å². The van der Waals surface area contributed by atoms with Crippen LogP contribution >= 0.6 is 15.9 Å². The van der Waals surface area contributed by atoms with Crippen LogP contribution in [0.2, 0.25) is 0 Å². The van der Waals surface area contributed by atoms with Crippen molar-refractivity contribution in [2.24, 2.45) is 0 Å². The fourth-order valence-corrected chi connectivity index (χ4v) is 1.86. The van der Waals surface area contributed by atoms with E-state index < -0.39 is 11.6 Å². The number of benzene rings is 1. The molecule has 2 rings (SSSR count). The van der Waals surface area contributed by atoms with Gasteiger partial charge in [0.15, 0.2) is 0 Å². The Kier molecular flexibility index (Phi) is 4.31. The molecule has 6 heteroatoms. The number of nitrogens with one attached hydrogen (secondary N) is 1. The Labute approximate surface area is 117 Å². The number of aromatic nitrogens is 1. The second-order valence-corrected chi connectivity index (χ2v) is 4.63. The van der Waals surface area contributed by atoms with Crippen LogP contribution in [-0.4, -0.2) is 12.1 Å². The molecule has 0 radical (unpaired) electrons. The van der Waals surface area contributed by atoms with E-state index in [2.05, 4.69) is 26.2 Å². The molecule has 0 aliphatic heterocycles. The number of hydrogen-bond donors (Lipinski definition) is 1. The summed E-state index contributed by atoms with van der Waals surface area (Å²) in [6.07, 6.45) is 0. The Hall–Kier alpha value is -1.69. The molecule has 2 aromatic rings. The van der Waals surface area contributed by atoms with E-state index in [-0.39, 0.29) is 10.2 Å². The minimum absolute atomic E-state index is 0.204. The van der Waals surface area contributed by atoms with Gasteiger partial charge in [-0.3, -0.25) is 0 Å². The van der Waals surface area contributed by atoms with Crippen molar-refractivity contribution in [3.63, 3.8) is 0 Å². The maximum atomic E-state index is 13.5. The molecule has 0 spiro atoms. The van der Waals surface area contributed by atoms with E-state index in [1.807, 2.05) is 0 Å². The fourth-order valence-electron chi connectivity index (χ4n) is 1.51. The maximum absolute atomic E-state index is 13.5. The molecule has 0 atom stereocenters. The molecule has 100 valence electrons. The third-order valence-corrected chi connectivity index (χ3v) is 3.07. The molecule has 0 saturated carbocycles. The number of rotatable bonds is 4. The minimum atomic E-state index is -0.649. The smallest absolute Gasteiger partial charge is 0.213 e. The molecule has 1 aromatic carbocycles. The van der Waals surface area contributed by atoms with Crippen LogP contribution in [0.15, 0.2) is 34.8 Å². The van der Waals surface area contributed by atoms with Crippen molar-refractivity contribution in [2.45, 2.75) is 6.54 Å². The Morgan fingerprint density at radius 1 is 1.26 bits per heavy atom. The first-order valence-corrected chi connectivity index (χ1v) is 6.28. The highest BCUT2D eigenvalue weighted by atomic mass is 79.9. The summed E-state index contributed by atoms with van der Waals surface area (Å²) in [5, 5.41) is 2.86. The van der Waals surface area contributed by atoms with Gasteiger partial charge in [0, 0.05) is 12.1 Å². The highest BCUT2D eigenvalue weighted by Crippen LogP contribution is 2.24. The molecular weight excluding hydrogens is 318 g/mol. The molecule has 3 nitrogen and oxygen atoms in total. The number of ether oxygens (including phenoxy) is 1. The number of hydrogen-bond acceptors (Lipinski definition) is 3. The van der Waals surface area contributed by atoms with Gasteiger partial charge in [-0.15, -0.1) is 0 Å². The molecule has 0 unspecified atom stereocenters. The van der Waals surface area contributed by atoms with Gasteiger partial charge in [-0.05, 0) is 28.1 Å². The monoisotopic (exact) mass is 328 g/mol. The van der Waals surface area contributed by atoms with Crippen molar-refractivity contribution in [1.82, 2.24) is 4.98 Å². The molecule has 0 aliphatic carbocycles. The average molecular weight is 329 g/mol. The predicted octanol–water partition coefficient (Wildman–Crippen LogP) is 3.74. The van der Waals surface area contributed by atoms with Gasteiger partial charge in [-0.25, -0.2) is 13.8 Å².